The Hall–Kier alpha value is -3.27. The van der Waals surface area contributed by atoms with Crippen LogP contribution in [0.5, 0.6) is 0 Å². The molecule has 5 rings (SSSR count). The zero-order chi connectivity index (χ0) is 18.4. The average Bonchev–Trinajstić information content (AvgIpc) is 3.07. The topological polar surface area (TPSA) is 44.0 Å². The molecule has 2 N–H and O–H groups in total. The summed E-state index contributed by atoms with van der Waals surface area (Å²) in [5.74, 6) is 0. The van der Waals surface area contributed by atoms with Crippen LogP contribution >= 0.6 is 0 Å². The van der Waals surface area contributed by atoms with Crippen molar-refractivity contribution in [1.82, 2.24) is 14.9 Å². The number of nitrogens with zero attached hydrogens (tertiary/aromatic N) is 2. The number of anilines is 2. The number of benzene rings is 2. The van der Waals surface area contributed by atoms with Gasteiger partial charge in [-0.25, -0.2) is 4.98 Å². The molecular formula is C23H22N4. The monoisotopic (exact) mass is 354 g/mol. The molecule has 134 valence electrons. The standard InChI is InChI=1S/C23H22N4/c1-15(2)27-13-11-20-18(14-27)22-21(10-12-24-23(22)26-20)25-19-9-5-7-16-6-3-4-8-17(16)19/h3-10,12H,1,11,13-14H2,2H3,(H2,24,25,26). The van der Waals surface area contributed by atoms with Gasteiger partial charge in [0.25, 0.3) is 0 Å². The van der Waals surface area contributed by atoms with Gasteiger partial charge in [0.15, 0.2) is 0 Å². The van der Waals surface area contributed by atoms with Crippen molar-refractivity contribution in [1.29, 1.82) is 0 Å². The van der Waals surface area contributed by atoms with Gasteiger partial charge in [0, 0.05) is 59.1 Å². The Bertz CT molecular complexity index is 1170. The van der Waals surface area contributed by atoms with E-state index in [1.54, 1.807) is 0 Å². The van der Waals surface area contributed by atoms with Gasteiger partial charge >= 0.3 is 0 Å². The van der Waals surface area contributed by atoms with Gasteiger partial charge in [0.1, 0.15) is 5.65 Å². The predicted molar refractivity (Wildman–Crippen MR) is 112 cm³/mol. The Kier molecular flexibility index (Phi) is 3.64. The molecule has 0 spiro atoms. The Morgan fingerprint density at radius 3 is 2.85 bits per heavy atom. The molecule has 4 heteroatoms. The number of pyridine rings is 1. The molecule has 0 bridgehead atoms. The Morgan fingerprint density at radius 2 is 1.96 bits per heavy atom. The number of aromatic amines is 1. The van der Waals surface area contributed by atoms with E-state index in [-0.39, 0.29) is 0 Å². The van der Waals surface area contributed by atoms with Gasteiger partial charge in [-0.3, -0.25) is 0 Å². The van der Waals surface area contributed by atoms with Crippen molar-refractivity contribution in [3.8, 4) is 0 Å². The van der Waals surface area contributed by atoms with Crippen LogP contribution in [0.25, 0.3) is 21.8 Å². The normalized spacial score (nSPS) is 13.7. The molecule has 0 saturated heterocycles. The van der Waals surface area contributed by atoms with E-state index in [1.165, 1.54) is 27.4 Å². The van der Waals surface area contributed by atoms with E-state index in [9.17, 15) is 0 Å². The first-order chi connectivity index (χ1) is 13.2. The predicted octanol–water partition coefficient (Wildman–Crippen LogP) is 5.35. The highest BCUT2D eigenvalue weighted by molar-refractivity contribution is 6.00. The zero-order valence-corrected chi connectivity index (χ0v) is 15.4. The van der Waals surface area contributed by atoms with Crippen molar-refractivity contribution in [2.75, 3.05) is 11.9 Å². The maximum atomic E-state index is 4.58. The summed E-state index contributed by atoms with van der Waals surface area (Å²) in [6.07, 6.45) is 2.86. The molecule has 2 aromatic carbocycles. The van der Waals surface area contributed by atoms with Crippen LogP contribution in [0, 0.1) is 0 Å². The summed E-state index contributed by atoms with van der Waals surface area (Å²) in [6.45, 7) is 8.08. The van der Waals surface area contributed by atoms with Crippen LogP contribution in [0.15, 0.2) is 67.0 Å². The molecule has 0 amide bonds. The van der Waals surface area contributed by atoms with Gasteiger partial charge in [-0.05, 0) is 24.4 Å². The van der Waals surface area contributed by atoms with Crippen molar-refractivity contribution in [2.24, 2.45) is 0 Å². The smallest absolute Gasteiger partial charge is 0.139 e. The second kappa shape index (κ2) is 6.16. The lowest BCUT2D eigenvalue weighted by molar-refractivity contribution is 0.324. The van der Waals surface area contributed by atoms with Gasteiger partial charge in [-0.1, -0.05) is 43.0 Å². The molecule has 0 saturated carbocycles. The fourth-order valence-electron chi connectivity index (χ4n) is 4.05. The summed E-state index contributed by atoms with van der Waals surface area (Å²) >= 11 is 0. The van der Waals surface area contributed by atoms with Gasteiger partial charge in [0.05, 0.1) is 5.69 Å². The van der Waals surface area contributed by atoms with E-state index in [1.807, 2.05) is 6.20 Å². The van der Waals surface area contributed by atoms with Crippen LogP contribution in [-0.4, -0.2) is 21.4 Å². The molecule has 0 radical (unpaired) electrons. The molecule has 0 unspecified atom stereocenters. The SMILES string of the molecule is C=C(C)N1CCc2[nH]c3nccc(Nc4cccc5ccccc45)c3c2C1. The van der Waals surface area contributed by atoms with E-state index >= 15 is 0 Å². The van der Waals surface area contributed by atoms with E-state index in [2.05, 4.69) is 82.2 Å². The second-order valence-corrected chi connectivity index (χ2v) is 7.22. The molecule has 27 heavy (non-hydrogen) atoms. The van der Waals surface area contributed by atoms with Gasteiger partial charge in [0.2, 0.25) is 0 Å². The van der Waals surface area contributed by atoms with Crippen molar-refractivity contribution >= 4 is 33.2 Å². The molecule has 3 heterocycles. The van der Waals surface area contributed by atoms with Crippen LogP contribution in [0.4, 0.5) is 11.4 Å². The maximum Gasteiger partial charge on any atom is 0.139 e. The number of H-pyrrole nitrogens is 1. The summed E-state index contributed by atoms with van der Waals surface area (Å²) in [5.41, 5.74) is 6.90. The Labute approximate surface area is 158 Å². The second-order valence-electron chi connectivity index (χ2n) is 7.22. The lowest BCUT2D eigenvalue weighted by atomic mass is 10.0. The van der Waals surface area contributed by atoms with Crippen molar-refractivity contribution in [2.45, 2.75) is 19.9 Å². The minimum Gasteiger partial charge on any atom is -0.371 e. The first-order valence-corrected chi connectivity index (χ1v) is 9.34. The number of aromatic nitrogens is 2. The molecule has 4 nitrogen and oxygen atoms in total. The summed E-state index contributed by atoms with van der Waals surface area (Å²) in [4.78, 5) is 10.5. The zero-order valence-electron chi connectivity index (χ0n) is 15.4. The lowest BCUT2D eigenvalue weighted by Crippen LogP contribution is -2.28. The van der Waals surface area contributed by atoms with Gasteiger partial charge in [-0.15, -0.1) is 0 Å². The largest absolute Gasteiger partial charge is 0.371 e. The van der Waals surface area contributed by atoms with Crippen molar-refractivity contribution < 1.29 is 0 Å². The fraction of sp³-hybridized carbons (Fsp3) is 0.174. The third kappa shape index (κ3) is 2.65. The van der Waals surface area contributed by atoms with Gasteiger partial charge < -0.3 is 15.2 Å². The molecule has 0 aliphatic carbocycles. The molecule has 1 aliphatic rings. The average molecular weight is 354 g/mol. The van der Waals surface area contributed by atoms with Crippen LogP contribution in [-0.2, 0) is 13.0 Å². The van der Waals surface area contributed by atoms with Crippen LogP contribution in [0.1, 0.15) is 18.2 Å². The minimum atomic E-state index is 0.876. The third-order valence-corrected chi connectivity index (χ3v) is 5.47. The van der Waals surface area contributed by atoms with Crippen LogP contribution in [0.3, 0.4) is 0 Å². The maximum absolute atomic E-state index is 4.58. The van der Waals surface area contributed by atoms with E-state index in [4.69, 9.17) is 0 Å². The molecule has 4 aromatic rings. The highest BCUT2D eigenvalue weighted by Gasteiger charge is 2.22. The summed E-state index contributed by atoms with van der Waals surface area (Å²) in [5, 5.41) is 7.31. The molecule has 1 aliphatic heterocycles. The Balaban J connectivity index is 1.64. The van der Waals surface area contributed by atoms with Crippen molar-refractivity contribution in [3.63, 3.8) is 0 Å². The third-order valence-electron chi connectivity index (χ3n) is 5.47. The van der Waals surface area contributed by atoms with Gasteiger partial charge in [-0.2, -0.15) is 0 Å². The minimum absolute atomic E-state index is 0.876. The quantitative estimate of drug-likeness (QED) is 0.521. The summed E-state index contributed by atoms with van der Waals surface area (Å²) in [6, 6.07) is 16.9. The van der Waals surface area contributed by atoms with Crippen LogP contribution in [0.2, 0.25) is 0 Å². The molecule has 2 aromatic heterocycles. The summed E-state index contributed by atoms with van der Waals surface area (Å²) < 4.78 is 0. The summed E-state index contributed by atoms with van der Waals surface area (Å²) in [7, 11) is 0. The highest BCUT2D eigenvalue weighted by Crippen LogP contribution is 2.35. The fourth-order valence-corrected chi connectivity index (χ4v) is 4.05. The number of rotatable bonds is 3. The first-order valence-electron chi connectivity index (χ1n) is 9.34. The van der Waals surface area contributed by atoms with E-state index in [0.717, 1.165) is 42.2 Å². The van der Waals surface area contributed by atoms with Crippen molar-refractivity contribution in [3.05, 3.63) is 78.3 Å². The number of allylic oxidation sites excluding steroid dienone is 1. The van der Waals surface area contributed by atoms with Crippen LogP contribution < -0.4 is 5.32 Å². The molecular weight excluding hydrogens is 332 g/mol. The first kappa shape index (κ1) is 15.9. The number of hydrogen-bond donors (Lipinski definition) is 2. The molecule has 0 fully saturated rings. The molecule has 0 atom stereocenters. The number of fused-ring (bicyclic) bond motifs is 4. The highest BCUT2D eigenvalue weighted by atomic mass is 15.1. The van der Waals surface area contributed by atoms with E-state index in [0.29, 0.717) is 0 Å². The number of hydrogen-bond acceptors (Lipinski definition) is 3. The number of nitrogens with one attached hydrogen (secondary N) is 2. The lowest BCUT2D eigenvalue weighted by Gasteiger charge is -2.29. The Morgan fingerprint density at radius 1 is 1.11 bits per heavy atom. The van der Waals surface area contributed by atoms with E-state index < -0.39 is 0 Å².